The third-order valence-electron chi connectivity index (χ3n) is 5.41. The number of aryl methyl sites for hydroxylation is 1. The van der Waals surface area contributed by atoms with E-state index in [0.717, 1.165) is 62.3 Å². The molecule has 1 aromatic carbocycles. The summed E-state index contributed by atoms with van der Waals surface area (Å²) in [5.74, 6) is 1.01. The molecule has 2 aliphatic rings. The Bertz CT molecular complexity index is 582. The molecule has 1 N–H and O–H groups in total. The van der Waals surface area contributed by atoms with Crippen molar-refractivity contribution in [1.29, 1.82) is 0 Å². The lowest BCUT2D eigenvalue weighted by atomic mass is 10.1. The third-order valence-corrected chi connectivity index (χ3v) is 5.41. The molecule has 2 fully saturated rings. The molecule has 2 unspecified atom stereocenters. The van der Waals surface area contributed by atoms with E-state index < -0.39 is 0 Å². The van der Waals surface area contributed by atoms with E-state index in [9.17, 15) is 9.90 Å². The number of benzene rings is 1. The summed E-state index contributed by atoms with van der Waals surface area (Å²) < 4.78 is 5.34. The first-order valence-electron chi connectivity index (χ1n) is 8.92. The fourth-order valence-electron chi connectivity index (χ4n) is 3.91. The maximum Gasteiger partial charge on any atom is 0.227 e. The van der Waals surface area contributed by atoms with Crippen LogP contribution < -0.4 is 4.74 Å². The van der Waals surface area contributed by atoms with Crippen molar-refractivity contribution in [1.82, 2.24) is 9.80 Å². The highest BCUT2D eigenvalue weighted by molar-refractivity contribution is 5.79. The molecule has 132 valence electrons. The highest BCUT2D eigenvalue weighted by atomic mass is 16.5. The summed E-state index contributed by atoms with van der Waals surface area (Å²) in [7, 11) is 1.66. The van der Waals surface area contributed by atoms with Crippen LogP contribution in [0, 0.1) is 6.92 Å². The van der Waals surface area contributed by atoms with Crippen molar-refractivity contribution in [2.24, 2.45) is 0 Å². The lowest BCUT2D eigenvalue weighted by Gasteiger charge is -2.39. The average Bonchev–Trinajstić information content (AvgIpc) is 3.02. The van der Waals surface area contributed by atoms with E-state index in [0.29, 0.717) is 12.5 Å². The van der Waals surface area contributed by atoms with Crippen molar-refractivity contribution in [3.63, 3.8) is 0 Å². The Hall–Kier alpha value is -1.59. The Morgan fingerprint density at radius 3 is 2.62 bits per heavy atom. The van der Waals surface area contributed by atoms with Crippen molar-refractivity contribution in [2.75, 3.05) is 33.3 Å². The summed E-state index contributed by atoms with van der Waals surface area (Å²) in [5, 5.41) is 10.0. The minimum absolute atomic E-state index is 0.174. The van der Waals surface area contributed by atoms with Crippen LogP contribution in [0.5, 0.6) is 5.75 Å². The predicted molar refractivity (Wildman–Crippen MR) is 93.2 cm³/mol. The number of amides is 1. The molecule has 5 heteroatoms. The highest BCUT2D eigenvalue weighted by Gasteiger charge is 2.33. The van der Waals surface area contributed by atoms with Gasteiger partial charge in [-0.15, -0.1) is 0 Å². The third kappa shape index (κ3) is 3.73. The van der Waals surface area contributed by atoms with Crippen molar-refractivity contribution < 1.29 is 14.6 Å². The number of aliphatic hydroxyl groups excluding tert-OH is 1. The maximum absolute atomic E-state index is 12.6. The fourth-order valence-corrected chi connectivity index (χ4v) is 3.91. The number of aliphatic hydroxyl groups is 1. The number of methoxy groups -OCH3 is 1. The summed E-state index contributed by atoms with van der Waals surface area (Å²) >= 11 is 0. The summed E-state index contributed by atoms with van der Waals surface area (Å²) in [6.07, 6.45) is 3.34. The van der Waals surface area contributed by atoms with Crippen molar-refractivity contribution in [3.05, 3.63) is 29.3 Å². The van der Waals surface area contributed by atoms with Crippen LogP contribution >= 0.6 is 0 Å². The summed E-state index contributed by atoms with van der Waals surface area (Å²) in [5.41, 5.74) is 2.08. The lowest BCUT2D eigenvalue weighted by Crippen LogP contribution is -2.53. The molecule has 1 aliphatic carbocycles. The molecule has 5 nitrogen and oxygen atoms in total. The molecule has 0 radical (unpaired) electrons. The molecule has 0 spiro atoms. The van der Waals surface area contributed by atoms with Crippen LogP contribution in [-0.2, 0) is 11.2 Å². The normalized spacial score (nSPS) is 25.0. The van der Waals surface area contributed by atoms with Gasteiger partial charge in [-0.25, -0.2) is 0 Å². The summed E-state index contributed by atoms with van der Waals surface area (Å²) in [6, 6.07) is 6.25. The number of piperazine rings is 1. The second-order valence-electron chi connectivity index (χ2n) is 6.96. The quantitative estimate of drug-likeness (QED) is 0.910. The molecule has 0 bridgehead atoms. The van der Waals surface area contributed by atoms with Crippen LogP contribution in [0.15, 0.2) is 18.2 Å². The van der Waals surface area contributed by atoms with Gasteiger partial charge in [-0.2, -0.15) is 0 Å². The number of hydrogen-bond donors (Lipinski definition) is 1. The Morgan fingerprint density at radius 1 is 1.25 bits per heavy atom. The van der Waals surface area contributed by atoms with Crippen LogP contribution in [0.3, 0.4) is 0 Å². The van der Waals surface area contributed by atoms with Crippen molar-refractivity contribution in [3.8, 4) is 5.75 Å². The Morgan fingerprint density at radius 2 is 2.00 bits per heavy atom. The van der Waals surface area contributed by atoms with Gasteiger partial charge in [0, 0.05) is 32.2 Å². The molecule has 1 saturated carbocycles. The molecule has 1 aromatic rings. The van der Waals surface area contributed by atoms with Crippen LogP contribution in [-0.4, -0.2) is 66.2 Å². The minimum atomic E-state index is -0.188. The van der Waals surface area contributed by atoms with Crippen molar-refractivity contribution in [2.45, 2.75) is 44.8 Å². The molecule has 1 amide bonds. The van der Waals surface area contributed by atoms with Crippen LogP contribution in [0.4, 0.5) is 0 Å². The number of carbonyl (C=O) groups is 1. The van der Waals surface area contributed by atoms with Gasteiger partial charge in [-0.3, -0.25) is 9.69 Å². The van der Waals surface area contributed by atoms with E-state index in [1.807, 2.05) is 30.0 Å². The minimum Gasteiger partial charge on any atom is -0.496 e. The number of ether oxygens (including phenoxy) is 1. The van der Waals surface area contributed by atoms with E-state index in [-0.39, 0.29) is 12.0 Å². The first-order chi connectivity index (χ1) is 11.6. The van der Waals surface area contributed by atoms with E-state index in [2.05, 4.69) is 4.90 Å². The Kier molecular flexibility index (Phi) is 5.41. The Labute approximate surface area is 144 Å². The van der Waals surface area contributed by atoms with Gasteiger partial charge in [0.1, 0.15) is 5.75 Å². The van der Waals surface area contributed by atoms with Crippen LogP contribution in [0.2, 0.25) is 0 Å². The lowest BCUT2D eigenvalue weighted by molar-refractivity contribution is -0.132. The molecule has 3 rings (SSSR count). The van der Waals surface area contributed by atoms with Crippen LogP contribution in [0.1, 0.15) is 30.4 Å². The second kappa shape index (κ2) is 7.53. The van der Waals surface area contributed by atoms with E-state index in [1.165, 1.54) is 0 Å². The van der Waals surface area contributed by atoms with Gasteiger partial charge >= 0.3 is 0 Å². The summed E-state index contributed by atoms with van der Waals surface area (Å²) in [4.78, 5) is 16.9. The molecular formula is C19H28N2O3. The SMILES string of the molecule is COc1cc(CC(=O)N2CCN(C3CCCC3O)CC2)ccc1C. The predicted octanol–water partition coefficient (Wildman–Crippen LogP) is 1.60. The standard InChI is InChI=1S/C19H28N2O3/c1-14-6-7-15(12-18(14)24-2)13-19(23)21-10-8-20(9-11-21)16-4-3-5-17(16)22/h6-7,12,16-17,22H,3-5,8-11,13H2,1-2H3. The maximum atomic E-state index is 12.6. The van der Waals surface area contributed by atoms with Gasteiger partial charge in [0.25, 0.3) is 0 Å². The summed E-state index contributed by atoms with van der Waals surface area (Å²) in [6.45, 7) is 5.24. The molecule has 1 aliphatic heterocycles. The van der Waals surface area contributed by atoms with Crippen molar-refractivity contribution >= 4 is 5.91 Å². The zero-order valence-electron chi connectivity index (χ0n) is 14.7. The fraction of sp³-hybridized carbons (Fsp3) is 0.632. The molecule has 24 heavy (non-hydrogen) atoms. The first-order valence-corrected chi connectivity index (χ1v) is 8.92. The van der Waals surface area contributed by atoms with Gasteiger partial charge in [0.2, 0.25) is 5.91 Å². The first kappa shape index (κ1) is 17.2. The van der Waals surface area contributed by atoms with Gasteiger partial charge in [-0.05, 0) is 43.4 Å². The smallest absolute Gasteiger partial charge is 0.227 e. The number of nitrogens with zero attached hydrogens (tertiary/aromatic N) is 2. The zero-order chi connectivity index (χ0) is 17.1. The monoisotopic (exact) mass is 332 g/mol. The molecule has 1 heterocycles. The number of rotatable bonds is 4. The molecule has 0 aromatic heterocycles. The van der Waals surface area contributed by atoms with Gasteiger partial charge in [-0.1, -0.05) is 12.1 Å². The van der Waals surface area contributed by atoms with Gasteiger partial charge in [0.15, 0.2) is 0 Å². The number of hydrogen-bond acceptors (Lipinski definition) is 4. The molecule has 2 atom stereocenters. The molecule has 1 saturated heterocycles. The topological polar surface area (TPSA) is 53.0 Å². The average molecular weight is 332 g/mol. The molecular weight excluding hydrogens is 304 g/mol. The zero-order valence-corrected chi connectivity index (χ0v) is 14.7. The second-order valence-corrected chi connectivity index (χ2v) is 6.96. The van der Waals surface area contributed by atoms with E-state index in [4.69, 9.17) is 4.74 Å². The van der Waals surface area contributed by atoms with Crippen LogP contribution in [0.25, 0.3) is 0 Å². The number of carbonyl (C=O) groups excluding carboxylic acids is 1. The van der Waals surface area contributed by atoms with E-state index in [1.54, 1.807) is 7.11 Å². The van der Waals surface area contributed by atoms with Gasteiger partial charge < -0.3 is 14.7 Å². The van der Waals surface area contributed by atoms with E-state index >= 15 is 0 Å². The Balaban J connectivity index is 1.53. The highest BCUT2D eigenvalue weighted by Crippen LogP contribution is 2.25. The van der Waals surface area contributed by atoms with Gasteiger partial charge in [0.05, 0.1) is 19.6 Å². The largest absolute Gasteiger partial charge is 0.496 e.